The van der Waals surface area contributed by atoms with Gasteiger partial charge in [0, 0.05) is 25.2 Å². The van der Waals surface area contributed by atoms with Gasteiger partial charge in [0.15, 0.2) is 0 Å². The van der Waals surface area contributed by atoms with Crippen molar-refractivity contribution in [2.45, 2.75) is 25.7 Å². The molecule has 1 aliphatic rings. The van der Waals surface area contributed by atoms with Crippen LogP contribution in [0.1, 0.15) is 25.7 Å². The molecule has 0 spiro atoms. The number of benzene rings is 1. The average Bonchev–Trinajstić information content (AvgIpc) is 2.46. The Morgan fingerprint density at radius 2 is 2.05 bits per heavy atom. The monoisotopic (exact) mass is 276 g/mol. The Morgan fingerprint density at radius 1 is 1.30 bits per heavy atom. The standard InChI is InChI=1S/C15H20N2O3/c18-14(19)9-8-12-5-4-10-17(11-12)15(20)16-13-6-2-1-3-7-13/h1-3,6-7,12H,4-5,8-11H2,(H,16,20)(H,18,19). The minimum Gasteiger partial charge on any atom is -0.481 e. The number of amides is 2. The van der Waals surface area contributed by atoms with E-state index in [1.54, 1.807) is 4.90 Å². The van der Waals surface area contributed by atoms with Gasteiger partial charge in [0.2, 0.25) is 0 Å². The molecule has 5 heteroatoms. The van der Waals surface area contributed by atoms with E-state index in [1.807, 2.05) is 30.3 Å². The largest absolute Gasteiger partial charge is 0.481 e. The second-order valence-electron chi connectivity index (χ2n) is 5.18. The molecule has 1 saturated heterocycles. The van der Waals surface area contributed by atoms with Crippen LogP contribution < -0.4 is 5.32 Å². The maximum absolute atomic E-state index is 12.1. The molecular weight excluding hydrogens is 256 g/mol. The number of nitrogens with zero attached hydrogens (tertiary/aromatic N) is 1. The summed E-state index contributed by atoms with van der Waals surface area (Å²) in [5, 5.41) is 11.6. The summed E-state index contributed by atoms with van der Waals surface area (Å²) >= 11 is 0. The molecule has 1 aromatic carbocycles. The third-order valence-electron chi connectivity index (χ3n) is 3.60. The van der Waals surface area contributed by atoms with Gasteiger partial charge in [0.05, 0.1) is 0 Å². The lowest BCUT2D eigenvalue weighted by molar-refractivity contribution is -0.137. The quantitative estimate of drug-likeness (QED) is 0.888. The van der Waals surface area contributed by atoms with E-state index in [4.69, 9.17) is 5.11 Å². The van der Waals surface area contributed by atoms with Crippen LogP contribution in [0.3, 0.4) is 0 Å². The summed E-state index contributed by atoms with van der Waals surface area (Å²) in [6.07, 6.45) is 2.76. The van der Waals surface area contributed by atoms with E-state index in [0.717, 1.165) is 25.1 Å². The maximum Gasteiger partial charge on any atom is 0.321 e. The number of para-hydroxylation sites is 1. The van der Waals surface area contributed by atoms with Gasteiger partial charge in [0.25, 0.3) is 0 Å². The lowest BCUT2D eigenvalue weighted by atomic mass is 9.93. The van der Waals surface area contributed by atoms with Crippen molar-refractivity contribution in [1.29, 1.82) is 0 Å². The first-order valence-corrected chi connectivity index (χ1v) is 6.98. The zero-order chi connectivity index (χ0) is 14.4. The van der Waals surface area contributed by atoms with Crippen molar-refractivity contribution in [2.24, 2.45) is 5.92 Å². The molecule has 1 heterocycles. The Balaban J connectivity index is 1.85. The van der Waals surface area contributed by atoms with Gasteiger partial charge in [-0.1, -0.05) is 18.2 Å². The molecule has 2 rings (SSSR count). The number of hydrogen-bond acceptors (Lipinski definition) is 2. The van der Waals surface area contributed by atoms with E-state index in [2.05, 4.69) is 5.32 Å². The van der Waals surface area contributed by atoms with Gasteiger partial charge in [-0.2, -0.15) is 0 Å². The van der Waals surface area contributed by atoms with E-state index in [-0.39, 0.29) is 12.5 Å². The van der Waals surface area contributed by atoms with Crippen LogP contribution in [0.5, 0.6) is 0 Å². The van der Waals surface area contributed by atoms with Crippen LogP contribution in [0.4, 0.5) is 10.5 Å². The summed E-state index contributed by atoms with van der Waals surface area (Å²) < 4.78 is 0. The van der Waals surface area contributed by atoms with E-state index in [1.165, 1.54) is 0 Å². The SMILES string of the molecule is O=C(O)CCC1CCCN(C(=O)Nc2ccccc2)C1. The molecule has 20 heavy (non-hydrogen) atoms. The molecule has 5 nitrogen and oxygen atoms in total. The summed E-state index contributed by atoms with van der Waals surface area (Å²) in [5.74, 6) is -0.475. The molecule has 2 N–H and O–H groups in total. The number of carbonyl (C=O) groups is 2. The Kier molecular flexibility index (Phi) is 4.98. The number of anilines is 1. The number of piperidine rings is 1. The van der Waals surface area contributed by atoms with Crippen LogP contribution in [0, 0.1) is 5.92 Å². The number of likely N-dealkylation sites (tertiary alicyclic amines) is 1. The van der Waals surface area contributed by atoms with Gasteiger partial charge in [-0.3, -0.25) is 4.79 Å². The number of carbonyl (C=O) groups excluding carboxylic acids is 1. The molecule has 1 aliphatic heterocycles. The van der Waals surface area contributed by atoms with E-state index < -0.39 is 5.97 Å². The maximum atomic E-state index is 12.1. The van der Waals surface area contributed by atoms with E-state index in [9.17, 15) is 9.59 Å². The Hall–Kier alpha value is -2.04. The summed E-state index contributed by atoms with van der Waals surface area (Å²) in [5.41, 5.74) is 0.783. The smallest absolute Gasteiger partial charge is 0.321 e. The number of urea groups is 1. The number of carboxylic acid groups (broad SMARTS) is 1. The Labute approximate surface area is 118 Å². The molecule has 0 aromatic heterocycles. The van der Waals surface area contributed by atoms with Gasteiger partial charge in [-0.05, 0) is 37.3 Å². The van der Waals surface area contributed by atoms with Crippen molar-refractivity contribution in [2.75, 3.05) is 18.4 Å². The van der Waals surface area contributed by atoms with Gasteiger partial charge in [-0.25, -0.2) is 4.79 Å². The topological polar surface area (TPSA) is 69.6 Å². The fraction of sp³-hybridized carbons (Fsp3) is 0.467. The highest BCUT2D eigenvalue weighted by Gasteiger charge is 2.23. The zero-order valence-electron chi connectivity index (χ0n) is 11.4. The van der Waals surface area contributed by atoms with Gasteiger partial charge in [-0.15, -0.1) is 0 Å². The minimum atomic E-state index is -0.768. The van der Waals surface area contributed by atoms with Crippen molar-refractivity contribution in [3.05, 3.63) is 30.3 Å². The molecule has 0 bridgehead atoms. The van der Waals surface area contributed by atoms with Crippen molar-refractivity contribution >= 4 is 17.7 Å². The average molecular weight is 276 g/mol. The summed E-state index contributed by atoms with van der Waals surface area (Å²) in [7, 11) is 0. The number of nitrogens with one attached hydrogen (secondary N) is 1. The summed E-state index contributed by atoms with van der Waals surface area (Å²) in [6.45, 7) is 1.38. The van der Waals surface area contributed by atoms with Gasteiger partial charge >= 0.3 is 12.0 Å². The number of rotatable bonds is 4. The normalized spacial score (nSPS) is 18.6. The van der Waals surface area contributed by atoms with Crippen LogP contribution in [0.25, 0.3) is 0 Å². The number of hydrogen-bond donors (Lipinski definition) is 2. The van der Waals surface area contributed by atoms with Gasteiger partial charge in [0.1, 0.15) is 0 Å². The molecule has 0 radical (unpaired) electrons. The lowest BCUT2D eigenvalue weighted by Crippen LogP contribution is -2.42. The highest BCUT2D eigenvalue weighted by atomic mass is 16.4. The summed E-state index contributed by atoms with van der Waals surface area (Å²) in [4.78, 5) is 24.5. The van der Waals surface area contributed by atoms with Crippen LogP contribution in [-0.4, -0.2) is 35.1 Å². The predicted molar refractivity (Wildman–Crippen MR) is 76.6 cm³/mol. The van der Waals surface area contributed by atoms with Crippen molar-refractivity contribution < 1.29 is 14.7 Å². The molecule has 1 fully saturated rings. The molecule has 108 valence electrons. The number of aliphatic carboxylic acids is 1. The molecule has 1 unspecified atom stereocenters. The minimum absolute atomic E-state index is 0.101. The fourth-order valence-electron chi connectivity index (χ4n) is 2.54. The highest BCUT2D eigenvalue weighted by Crippen LogP contribution is 2.21. The second kappa shape index (κ2) is 6.93. The first kappa shape index (κ1) is 14.4. The van der Waals surface area contributed by atoms with E-state index >= 15 is 0 Å². The van der Waals surface area contributed by atoms with Crippen LogP contribution in [0.2, 0.25) is 0 Å². The molecule has 1 atom stereocenters. The summed E-state index contributed by atoms with van der Waals surface area (Å²) in [6, 6.07) is 9.26. The third-order valence-corrected chi connectivity index (χ3v) is 3.60. The Morgan fingerprint density at radius 3 is 2.75 bits per heavy atom. The number of carboxylic acids is 1. The third kappa shape index (κ3) is 4.26. The van der Waals surface area contributed by atoms with Crippen molar-refractivity contribution in [1.82, 2.24) is 4.90 Å². The van der Waals surface area contributed by atoms with Crippen LogP contribution in [-0.2, 0) is 4.79 Å². The first-order chi connectivity index (χ1) is 9.65. The predicted octanol–water partition coefficient (Wildman–Crippen LogP) is 2.80. The van der Waals surface area contributed by atoms with Crippen LogP contribution >= 0.6 is 0 Å². The van der Waals surface area contributed by atoms with Crippen molar-refractivity contribution in [3.63, 3.8) is 0 Å². The molecule has 0 aliphatic carbocycles. The van der Waals surface area contributed by atoms with Gasteiger partial charge < -0.3 is 15.3 Å². The molecule has 0 saturated carbocycles. The lowest BCUT2D eigenvalue weighted by Gasteiger charge is -2.32. The molecule has 1 aromatic rings. The zero-order valence-corrected chi connectivity index (χ0v) is 11.4. The van der Waals surface area contributed by atoms with Crippen molar-refractivity contribution in [3.8, 4) is 0 Å². The molecule has 2 amide bonds. The highest BCUT2D eigenvalue weighted by molar-refractivity contribution is 5.89. The molecular formula is C15H20N2O3. The second-order valence-corrected chi connectivity index (χ2v) is 5.18. The van der Waals surface area contributed by atoms with Crippen LogP contribution in [0.15, 0.2) is 30.3 Å². The Bertz CT molecular complexity index is 461. The first-order valence-electron chi connectivity index (χ1n) is 6.98. The fourth-order valence-corrected chi connectivity index (χ4v) is 2.54. The van der Waals surface area contributed by atoms with E-state index in [0.29, 0.717) is 18.9 Å².